The fraction of sp³-hybridized carbons (Fsp3) is 0.158. The van der Waals surface area contributed by atoms with Crippen molar-refractivity contribution in [3.05, 3.63) is 54.6 Å². The molecular formula is C19H20N4O7S2. The molecule has 11 nitrogen and oxygen atoms in total. The van der Waals surface area contributed by atoms with Gasteiger partial charge in [0.2, 0.25) is 5.88 Å². The zero-order chi connectivity index (χ0) is 23.4. The van der Waals surface area contributed by atoms with E-state index in [0.717, 1.165) is 0 Å². The molecule has 1 heterocycles. The summed E-state index contributed by atoms with van der Waals surface area (Å²) in [6, 6.07) is 12.2. The maximum Gasteiger partial charge on any atom is 0.321 e. The highest BCUT2D eigenvalue weighted by molar-refractivity contribution is 7.93. The molecule has 2 N–H and O–H groups in total. The minimum Gasteiger partial charge on any atom is -0.497 e. The topological polar surface area (TPSA) is 146 Å². The van der Waals surface area contributed by atoms with Gasteiger partial charge in [-0.3, -0.25) is 9.44 Å². The fourth-order valence-electron chi connectivity index (χ4n) is 2.52. The van der Waals surface area contributed by atoms with Crippen LogP contribution in [0.3, 0.4) is 0 Å². The quantitative estimate of drug-likeness (QED) is 0.470. The van der Waals surface area contributed by atoms with Crippen molar-refractivity contribution in [3.63, 3.8) is 0 Å². The third kappa shape index (κ3) is 5.36. The van der Waals surface area contributed by atoms with Crippen LogP contribution < -0.4 is 23.7 Å². The number of nitrogens with zero attached hydrogens (tertiary/aromatic N) is 2. The van der Waals surface area contributed by atoms with Gasteiger partial charge in [-0.2, -0.15) is 9.97 Å². The highest BCUT2D eigenvalue weighted by atomic mass is 32.2. The Kier molecular flexibility index (Phi) is 6.69. The Morgan fingerprint density at radius 3 is 1.78 bits per heavy atom. The van der Waals surface area contributed by atoms with Crippen molar-refractivity contribution in [1.29, 1.82) is 0 Å². The van der Waals surface area contributed by atoms with Gasteiger partial charge in [0.15, 0.2) is 5.82 Å². The number of hydrogen-bond acceptors (Lipinski definition) is 9. The Bertz CT molecular complexity index is 1270. The van der Waals surface area contributed by atoms with Gasteiger partial charge >= 0.3 is 6.01 Å². The van der Waals surface area contributed by atoms with E-state index < -0.39 is 20.0 Å². The van der Waals surface area contributed by atoms with E-state index in [1.165, 1.54) is 75.9 Å². The fourth-order valence-corrected chi connectivity index (χ4v) is 4.57. The first-order chi connectivity index (χ1) is 15.2. The number of ether oxygens (including phenoxy) is 3. The maximum absolute atomic E-state index is 12.7. The Morgan fingerprint density at radius 2 is 1.25 bits per heavy atom. The third-order valence-corrected chi connectivity index (χ3v) is 6.87. The molecule has 0 saturated carbocycles. The van der Waals surface area contributed by atoms with E-state index in [9.17, 15) is 16.8 Å². The number of sulfonamides is 2. The van der Waals surface area contributed by atoms with Gasteiger partial charge in [-0.05, 0) is 48.5 Å². The molecule has 32 heavy (non-hydrogen) atoms. The van der Waals surface area contributed by atoms with Gasteiger partial charge < -0.3 is 14.2 Å². The summed E-state index contributed by atoms with van der Waals surface area (Å²) in [5.41, 5.74) is 0.185. The summed E-state index contributed by atoms with van der Waals surface area (Å²) in [6.45, 7) is 0. The van der Waals surface area contributed by atoms with Gasteiger partial charge in [-0.1, -0.05) is 0 Å². The standard InChI is InChI=1S/C19H20N4O7S2/c1-28-14-6-10-16(11-7-14)31(24,25)22-13-4-8-15(9-5-13)32(26,27)23-17-12-18(29-2)21-19(20-17)30-3/h4-12,22H,1-3H3,(H,20,21,23). The number of hydrogen-bond donors (Lipinski definition) is 2. The van der Waals surface area contributed by atoms with Crippen LogP contribution in [0, 0.1) is 0 Å². The van der Waals surface area contributed by atoms with Crippen LogP contribution in [0.2, 0.25) is 0 Å². The van der Waals surface area contributed by atoms with Crippen molar-refractivity contribution >= 4 is 31.6 Å². The molecule has 3 aromatic rings. The SMILES string of the molecule is COc1ccc(S(=O)(=O)Nc2ccc(S(=O)(=O)Nc3cc(OC)nc(OC)n3)cc2)cc1. The van der Waals surface area contributed by atoms with Crippen LogP contribution in [-0.2, 0) is 20.0 Å². The normalized spacial score (nSPS) is 11.5. The second-order valence-corrected chi connectivity index (χ2v) is 9.56. The summed E-state index contributed by atoms with van der Waals surface area (Å²) in [5.74, 6) is 0.570. The summed E-state index contributed by atoms with van der Waals surface area (Å²) >= 11 is 0. The van der Waals surface area contributed by atoms with Gasteiger partial charge in [0.1, 0.15) is 5.75 Å². The largest absolute Gasteiger partial charge is 0.497 e. The Balaban J connectivity index is 1.78. The summed E-state index contributed by atoms with van der Waals surface area (Å²) in [7, 11) is -3.72. The van der Waals surface area contributed by atoms with Crippen LogP contribution in [-0.4, -0.2) is 48.1 Å². The van der Waals surface area contributed by atoms with Crippen molar-refractivity contribution in [2.75, 3.05) is 30.8 Å². The van der Waals surface area contributed by atoms with Crippen molar-refractivity contribution in [1.82, 2.24) is 9.97 Å². The molecule has 0 aliphatic carbocycles. The Hall–Kier alpha value is -3.58. The van der Waals surface area contributed by atoms with Crippen LogP contribution in [0.4, 0.5) is 11.5 Å². The van der Waals surface area contributed by atoms with Crippen LogP contribution in [0.5, 0.6) is 17.6 Å². The number of rotatable bonds is 9. The number of methoxy groups -OCH3 is 3. The molecule has 0 amide bonds. The van der Waals surface area contributed by atoms with Gasteiger partial charge in [0.25, 0.3) is 20.0 Å². The monoisotopic (exact) mass is 480 g/mol. The molecule has 0 spiro atoms. The summed E-state index contributed by atoms with van der Waals surface area (Å²) in [5, 5.41) is 0. The Morgan fingerprint density at radius 1 is 0.688 bits per heavy atom. The molecule has 0 unspecified atom stereocenters. The second kappa shape index (κ2) is 9.28. The summed E-state index contributed by atoms with van der Waals surface area (Å²) in [4.78, 5) is 7.73. The first kappa shape index (κ1) is 23.1. The highest BCUT2D eigenvalue weighted by Gasteiger charge is 2.18. The molecule has 1 aromatic heterocycles. The lowest BCUT2D eigenvalue weighted by atomic mass is 10.3. The van der Waals surface area contributed by atoms with E-state index in [2.05, 4.69) is 19.4 Å². The number of nitrogens with one attached hydrogen (secondary N) is 2. The predicted octanol–water partition coefficient (Wildman–Crippen LogP) is 2.10. The minimum absolute atomic E-state index is 0.0309. The number of benzene rings is 2. The molecular weight excluding hydrogens is 460 g/mol. The average molecular weight is 481 g/mol. The van der Waals surface area contributed by atoms with E-state index in [4.69, 9.17) is 14.2 Å². The number of aromatic nitrogens is 2. The van der Waals surface area contributed by atoms with Gasteiger partial charge in [-0.25, -0.2) is 16.8 Å². The van der Waals surface area contributed by atoms with E-state index in [0.29, 0.717) is 5.75 Å². The second-order valence-electron chi connectivity index (χ2n) is 6.19. The van der Waals surface area contributed by atoms with Crippen molar-refractivity contribution < 1.29 is 31.0 Å². The molecule has 0 aliphatic rings. The lowest BCUT2D eigenvalue weighted by Gasteiger charge is -2.11. The van der Waals surface area contributed by atoms with E-state index in [1.54, 1.807) is 0 Å². The zero-order valence-corrected chi connectivity index (χ0v) is 18.9. The van der Waals surface area contributed by atoms with Crippen molar-refractivity contribution in [2.24, 2.45) is 0 Å². The molecule has 0 atom stereocenters. The molecule has 2 aromatic carbocycles. The molecule has 0 aliphatic heterocycles. The molecule has 3 rings (SSSR count). The molecule has 0 bridgehead atoms. The smallest absolute Gasteiger partial charge is 0.321 e. The molecule has 0 radical (unpaired) electrons. The van der Waals surface area contributed by atoms with Gasteiger partial charge in [0, 0.05) is 11.8 Å². The van der Waals surface area contributed by atoms with E-state index in [1.807, 2.05) is 0 Å². The molecule has 170 valence electrons. The third-order valence-electron chi connectivity index (χ3n) is 4.10. The minimum atomic E-state index is -4.03. The van der Waals surface area contributed by atoms with Crippen molar-refractivity contribution in [2.45, 2.75) is 9.79 Å². The lowest BCUT2D eigenvalue weighted by Crippen LogP contribution is -2.15. The van der Waals surface area contributed by atoms with Crippen LogP contribution >= 0.6 is 0 Å². The maximum atomic E-state index is 12.7. The molecule has 13 heteroatoms. The number of anilines is 2. The Labute approximate surface area is 185 Å². The first-order valence-corrected chi connectivity index (χ1v) is 11.9. The van der Waals surface area contributed by atoms with Gasteiger partial charge in [0.05, 0.1) is 31.1 Å². The van der Waals surface area contributed by atoms with Gasteiger partial charge in [-0.15, -0.1) is 0 Å². The lowest BCUT2D eigenvalue weighted by molar-refractivity contribution is 0.353. The van der Waals surface area contributed by atoms with Crippen LogP contribution in [0.25, 0.3) is 0 Å². The summed E-state index contributed by atoms with van der Waals surface area (Å²) < 4.78 is 70.0. The average Bonchev–Trinajstić information content (AvgIpc) is 2.78. The summed E-state index contributed by atoms with van der Waals surface area (Å²) in [6.07, 6.45) is 0. The molecule has 0 saturated heterocycles. The molecule has 0 fully saturated rings. The predicted molar refractivity (Wildman–Crippen MR) is 116 cm³/mol. The van der Waals surface area contributed by atoms with Crippen LogP contribution in [0.15, 0.2) is 64.4 Å². The van der Waals surface area contributed by atoms with Crippen LogP contribution in [0.1, 0.15) is 0 Å². The van der Waals surface area contributed by atoms with Crippen molar-refractivity contribution in [3.8, 4) is 17.6 Å². The zero-order valence-electron chi connectivity index (χ0n) is 17.3. The highest BCUT2D eigenvalue weighted by Crippen LogP contribution is 2.23. The van der Waals surface area contributed by atoms with E-state index in [-0.39, 0.29) is 33.2 Å². The van der Waals surface area contributed by atoms with E-state index >= 15 is 0 Å². The first-order valence-electron chi connectivity index (χ1n) is 8.93.